The second-order valence-corrected chi connectivity index (χ2v) is 12.6. The van der Waals surface area contributed by atoms with Gasteiger partial charge in [-0.1, -0.05) is 91.0 Å². The molecule has 0 bridgehead atoms. The first-order valence-electron chi connectivity index (χ1n) is 16.3. The van der Waals surface area contributed by atoms with Gasteiger partial charge in [-0.3, -0.25) is 14.4 Å². The summed E-state index contributed by atoms with van der Waals surface area (Å²) < 4.78 is 5.33. The van der Waals surface area contributed by atoms with E-state index in [4.69, 9.17) is 4.74 Å². The average Bonchev–Trinajstić information content (AvgIpc) is 3.20. The van der Waals surface area contributed by atoms with Gasteiger partial charge in [0.1, 0.15) is 12.6 Å². The van der Waals surface area contributed by atoms with Gasteiger partial charge >= 0.3 is 6.09 Å². The number of fused-ring (bicyclic) bond motifs is 1. The number of ether oxygens (including phenoxy) is 1. The molecular formula is C39H42N4O5. The van der Waals surface area contributed by atoms with Gasteiger partial charge in [-0.2, -0.15) is 0 Å². The van der Waals surface area contributed by atoms with Crippen LogP contribution in [0, 0.1) is 0 Å². The van der Waals surface area contributed by atoms with Crippen molar-refractivity contribution in [2.75, 3.05) is 11.4 Å². The van der Waals surface area contributed by atoms with Crippen molar-refractivity contribution >= 4 is 29.5 Å². The maximum absolute atomic E-state index is 14.1. The molecule has 9 nitrogen and oxygen atoms in total. The normalized spacial score (nSPS) is 14.4. The monoisotopic (exact) mass is 646 g/mol. The van der Waals surface area contributed by atoms with Gasteiger partial charge < -0.3 is 25.6 Å². The summed E-state index contributed by atoms with van der Waals surface area (Å²) in [5.74, 6) is -0.672. The second-order valence-electron chi connectivity index (χ2n) is 12.6. The molecule has 1 atom stereocenters. The Labute approximate surface area is 281 Å². The minimum atomic E-state index is -0.911. The van der Waals surface area contributed by atoms with E-state index >= 15 is 0 Å². The molecule has 1 aliphatic rings. The van der Waals surface area contributed by atoms with Crippen molar-refractivity contribution < 1.29 is 23.9 Å². The van der Waals surface area contributed by atoms with Crippen molar-refractivity contribution in [3.8, 4) is 11.1 Å². The Hall–Kier alpha value is -5.44. The number of rotatable bonds is 11. The second kappa shape index (κ2) is 15.4. The molecule has 0 saturated carbocycles. The van der Waals surface area contributed by atoms with Gasteiger partial charge in [0.2, 0.25) is 11.8 Å². The zero-order valence-electron chi connectivity index (χ0n) is 27.6. The molecule has 48 heavy (non-hydrogen) atoms. The molecule has 248 valence electrons. The molecule has 0 spiro atoms. The number of carbonyl (C=O) groups excluding carboxylic acids is 4. The van der Waals surface area contributed by atoms with E-state index in [1.54, 1.807) is 18.7 Å². The Morgan fingerprint density at radius 2 is 1.54 bits per heavy atom. The Bertz CT molecular complexity index is 1750. The minimum absolute atomic E-state index is 0.0383. The predicted octanol–water partition coefficient (Wildman–Crippen LogP) is 6.16. The summed E-state index contributed by atoms with van der Waals surface area (Å²) in [6.45, 7) is 6.34. The zero-order chi connectivity index (χ0) is 34.1. The Kier molecular flexibility index (Phi) is 10.9. The number of aryl methyl sites for hydroxylation is 1. The Balaban J connectivity index is 1.26. The largest absolute Gasteiger partial charge is 0.445 e. The van der Waals surface area contributed by atoms with Crippen molar-refractivity contribution in [1.82, 2.24) is 16.0 Å². The van der Waals surface area contributed by atoms with E-state index in [2.05, 4.69) is 16.0 Å². The molecule has 4 aromatic rings. The van der Waals surface area contributed by atoms with E-state index in [0.717, 1.165) is 33.5 Å². The van der Waals surface area contributed by atoms with E-state index in [0.29, 0.717) is 31.5 Å². The van der Waals surface area contributed by atoms with Gasteiger partial charge in [-0.25, -0.2) is 4.79 Å². The highest BCUT2D eigenvalue weighted by molar-refractivity contribution is 6.01. The van der Waals surface area contributed by atoms with Crippen molar-refractivity contribution in [2.45, 2.75) is 64.8 Å². The third kappa shape index (κ3) is 8.67. The lowest BCUT2D eigenvalue weighted by molar-refractivity contribution is -0.128. The van der Waals surface area contributed by atoms with Gasteiger partial charge in [0.25, 0.3) is 5.91 Å². The summed E-state index contributed by atoms with van der Waals surface area (Å²) in [4.78, 5) is 54.2. The summed E-state index contributed by atoms with van der Waals surface area (Å²) in [6.07, 6.45) is 0.402. The average molecular weight is 647 g/mol. The maximum Gasteiger partial charge on any atom is 0.407 e. The lowest BCUT2D eigenvalue weighted by Crippen LogP contribution is -2.51. The smallest absolute Gasteiger partial charge is 0.407 e. The number of hydrogen-bond donors (Lipinski definition) is 3. The predicted molar refractivity (Wildman–Crippen MR) is 186 cm³/mol. The van der Waals surface area contributed by atoms with Gasteiger partial charge in [0.05, 0.1) is 6.54 Å². The van der Waals surface area contributed by atoms with Gasteiger partial charge in [0.15, 0.2) is 0 Å². The lowest BCUT2D eigenvalue weighted by Gasteiger charge is -2.28. The number of nitrogens with zero attached hydrogens (tertiary/aromatic N) is 1. The molecule has 0 fully saturated rings. The fourth-order valence-corrected chi connectivity index (χ4v) is 5.90. The molecular weight excluding hydrogens is 604 g/mol. The van der Waals surface area contributed by atoms with Crippen molar-refractivity contribution in [1.29, 1.82) is 0 Å². The van der Waals surface area contributed by atoms with Crippen LogP contribution in [0.5, 0.6) is 0 Å². The SMILES string of the molecule is CCNC(=O)c1ccccc1-c1ccc(CN2C(=O)C(NC(=O)CC(C)(C)NC(=O)OCc3ccccc3)CCc3ccccc32)cc1. The summed E-state index contributed by atoms with van der Waals surface area (Å²) >= 11 is 0. The van der Waals surface area contributed by atoms with Crippen LogP contribution in [0.1, 0.15) is 60.7 Å². The molecule has 1 aliphatic heterocycles. The zero-order valence-corrected chi connectivity index (χ0v) is 27.6. The highest BCUT2D eigenvalue weighted by Crippen LogP contribution is 2.30. The van der Waals surface area contributed by atoms with Crippen LogP contribution in [0.4, 0.5) is 10.5 Å². The van der Waals surface area contributed by atoms with Crippen LogP contribution >= 0.6 is 0 Å². The number of anilines is 1. The van der Waals surface area contributed by atoms with Crippen molar-refractivity contribution in [3.63, 3.8) is 0 Å². The lowest BCUT2D eigenvalue weighted by atomic mass is 9.98. The quantitative estimate of drug-likeness (QED) is 0.180. The van der Waals surface area contributed by atoms with E-state index < -0.39 is 17.7 Å². The van der Waals surface area contributed by atoms with E-state index in [-0.39, 0.29) is 30.7 Å². The highest BCUT2D eigenvalue weighted by Gasteiger charge is 2.33. The molecule has 5 rings (SSSR count). The van der Waals surface area contributed by atoms with E-state index in [1.807, 2.05) is 110 Å². The molecule has 0 saturated heterocycles. The Morgan fingerprint density at radius 1 is 0.854 bits per heavy atom. The third-order valence-corrected chi connectivity index (χ3v) is 8.25. The summed E-state index contributed by atoms with van der Waals surface area (Å²) in [5, 5.41) is 8.58. The van der Waals surface area contributed by atoms with E-state index in [9.17, 15) is 19.2 Å². The minimum Gasteiger partial charge on any atom is -0.445 e. The van der Waals surface area contributed by atoms with Crippen molar-refractivity contribution in [3.05, 3.63) is 125 Å². The van der Waals surface area contributed by atoms with Gasteiger partial charge in [-0.05, 0) is 73.6 Å². The van der Waals surface area contributed by atoms with Gasteiger partial charge in [0, 0.05) is 29.8 Å². The number of nitrogens with one attached hydrogen (secondary N) is 3. The molecule has 3 N–H and O–H groups in total. The molecule has 4 aromatic carbocycles. The van der Waals surface area contributed by atoms with Crippen LogP contribution in [0.2, 0.25) is 0 Å². The van der Waals surface area contributed by atoms with Crippen LogP contribution in [-0.4, -0.2) is 41.9 Å². The maximum atomic E-state index is 14.1. The third-order valence-electron chi connectivity index (χ3n) is 8.25. The number of amides is 4. The van der Waals surface area contributed by atoms with Crippen molar-refractivity contribution in [2.24, 2.45) is 0 Å². The molecule has 1 heterocycles. The summed E-state index contributed by atoms with van der Waals surface area (Å²) in [6, 6.07) is 31.7. The van der Waals surface area contributed by atoms with Crippen LogP contribution in [0.3, 0.4) is 0 Å². The van der Waals surface area contributed by atoms with Crippen LogP contribution < -0.4 is 20.9 Å². The molecule has 0 aromatic heterocycles. The fourth-order valence-electron chi connectivity index (χ4n) is 5.90. The first-order chi connectivity index (χ1) is 23.1. The molecule has 4 amide bonds. The first-order valence-corrected chi connectivity index (χ1v) is 16.3. The van der Waals surface area contributed by atoms with E-state index in [1.165, 1.54) is 0 Å². The fraction of sp³-hybridized carbons (Fsp3) is 0.282. The summed E-state index contributed by atoms with van der Waals surface area (Å²) in [7, 11) is 0. The topological polar surface area (TPSA) is 117 Å². The van der Waals surface area contributed by atoms with Crippen LogP contribution in [-0.2, 0) is 33.9 Å². The number of hydrogen-bond acceptors (Lipinski definition) is 5. The standard InChI is InChI=1S/C39H42N4O5/c1-4-40-36(45)32-16-10-9-15-31(32)29-20-18-27(19-21-29)25-43-34-17-11-8-14-30(34)22-23-33(37(43)46)41-35(44)24-39(2,3)42-38(47)48-26-28-12-6-5-7-13-28/h5-21,33H,4,22-26H2,1-3H3,(H,40,45)(H,41,44)(H,42,47). The van der Waals surface area contributed by atoms with Crippen LogP contribution in [0.15, 0.2) is 103 Å². The Morgan fingerprint density at radius 3 is 2.29 bits per heavy atom. The van der Waals surface area contributed by atoms with Gasteiger partial charge in [-0.15, -0.1) is 0 Å². The molecule has 1 unspecified atom stereocenters. The molecule has 0 radical (unpaired) electrons. The molecule has 0 aliphatic carbocycles. The summed E-state index contributed by atoms with van der Waals surface area (Å²) in [5.41, 5.74) is 5.02. The number of carbonyl (C=O) groups is 4. The van der Waals surface area contributed by atoms with Crippen LogP contribution in [0.25, 0.3) is 11.1 Å². The number of alkyl carbamates (subject to hydrolysis) is 1. The first kappa shape index (κ1) is 33.9. The number of para-hydroxylation sites is 1. The highest BCUT2D eigenvalue weighted by atomic mass is 16.5. The molecule has 9 heteroatoms. The number of benzene rings is 4.